The Bertz CT molecular complexity index is 1200. The minimum Gasteiger partial charge on any atom is -0.497 e. The Morgan fingerprint density at radius 1 is 1.06 bits per heavy atom. The molecule has 34 heavy (non-hydrogen) atoms. The molecule has 1 amide bonds. The van der Waals surface area contributed by atoms with Crippen molar-refractivity contribution in [3.63, 3.8) is 0 Å². The molecule has 7 nitrogen and oxygen atoms in total. The summed E-state index contributed by atoms with van der Waals surface area (Å²) < 4.78 is 16.5. The van der Waals surface area contributed by atoms with Crippen LogP contribution in [0.3, 0.4) is 0 Å². The number of rotatable bonds is 8. The first-order valence-corrected chi connectivity index (χ1v) is 11.8. The standard InChI is InChI=1S/C26H29ClN2O5/c1-18-22-8-7-21(32-2)17-24(22)34-26(31)23(18)9-10-25(30)29-13-11-28(12-14-29)15-16-33-20-5-3-19(27)4-6-20/h3-8,17H,9-16H2,1-2H3. The number of amides is 1. The largest absolute Gasteiger partial charge is 0.497 e. The summed E-state index contributed by atoms with van der Waals surface area (Å²) in [5, 5.41) is 1.54. The molecule has 0 aliphatic carbocycles. The van der Waals surface area contributed by atoms with Crippen LogP contribution in [0.4, 0.5) is 0 Å². The van der Waals surface area contributed by atoms with Crippen LogP contribution in [0.1, 0.15) is 17.5 Å². The van der Waals surface area contributed by atoms with Crippen molar-refractivity contribution in [2.24, 2.45) is 0 Å². The maximum absolute atomic E-state index is 12.8. The summed E-state index contributed by atoms with van der Waals surface area (Å²) in [5.74, 6) is 1.49. The Morgan fingerprint density at radius 3 is 2.47 bits per heavy atom. The van der Waals surface area contributed by atoms with Gasteiger partial charge in [-0.25, -0.2) is 4.79 Å². The molecule has 0 N–H and O–H groups in total. The number of nitrogens with zero attached hydrogens (tertiary/aromatic N) is 2. The van der Waals surface area contributed by atoms with Crippen LogP contribution in [-0.2, 0) is 11.2 Å². The molecule has 0 radical (unpaired) electrons. The molecule has 0 unspecified atom stereocenters. The van der Waals surface area contributed by atoms with Gasteiger partial charge in [-0.3, -0.25) is 9.69 Å². The zero-order valence-electron chi connectivity index (χ0n) is 19.5. The predicted molar refractivity (Wildman–Crippen MR) is 132 cm³/mol. The second-order valence-electron chi connectivity index (χ2n) is 8.38. The number of fused-ring (bicyclic) bond motifs is 1. The van der Waals surface area contributed by atoms with Crippen molar-refractivity contribution in [3.8, 4) is 11.5 Å². The van der Waals surface area contributed by atoms with Gasteiger partial charge in [0.25, 0.3) is 0 Å². The maximum Gasteiger partial charge on any atom is 0.339 e. The van der Waals surface area contributed by atoms with Gasteiger partial charge in [0.05, 0.1) is 7.11 Å². The fourth-order valence-electron chi connectivity index (χ4n) is 4.22. The highest BCUT2D eigenvalue weighted by atomic mass is 35.5. The van der Waals surface area contributed by atoms with E-state index < -0.39 is 5.63 Å². The fraction of sp³-hybridized carbons (Fsp3) is 0.385. The lowest BCUT2D eigenvalue weighted by atomic mass is 10.0. The maximum atomic E-state index is 12.8. The monoisotopic (exact) mass is 484 g/mol. The van der Waals surface area contributed by atoms with Crippen LogP contribution in [0.15, 0.2) is 51.7 Å². The minimum absolute atomic E-state index is 0.0608. The van der Waals surface area contributed by atoms with Gasteiger partial charge >= 0.3 is 5.63 Å². The highest BCUT2D eigenvalue weighted by Gasteiger charge is 2.22. The molecule has 1 aromatic heterocycles. The topological polar surface area (TPSA) is 72.2 Å². The molecule has 1 aliphatic rings. The highest BCUT2D eigenvalue weighted by Crippen LogP contribution is 2.24. The van der Waals surface area contributed by atoms with E-state index in [9.17, 15) is 9.59 Å². The van der Waals surface area contributed by atoms with Crippen LogP contribution in [0.25, 0.3) is 11.0 Å². The van der Waals surface area contributed by atoms with Crippen molar-refractivity contribution in [2.45, 2.75) is 19.8 Å². The van der Waals surface area contributed by atoms with Gasteiger partial charge in [-0.05, 0) is 55.3 Å². The highest BCUT2D eigenvalue weighted by molar-refractivity contribution is 6.30. The number of methoxy groups -OCH3 is 1. The van der Waals surface area contributed by atoms with Crippen LogP contribution < -0.4 is 15.1 Å². The molecule has 2 aromatic carbocycles. The zero-order valence-corrected chi connectivity index (χ0v) is 20.3. The molecule has 0 saturated carbocycles. The van der Waals surface area contributed by atoms with E-state index in [1.54, 1.807) is 13.2 Å². The first-order chi connectivity index (χ1) is 16.4. The van der Waals surface area contributed by atoms with Gasteiger partial charge in [-0.2, -0.15) is 0 Å². The van der Waals surface area contributed by atoms with Gasteiger partial charge in [-0.1, -0.05) is 11.6 Å². The Hall–Kier alpha value is -3.03. The lowest BCUT2D eigenvalue weighted by Gasteiger charge is -2.34. The van der Waals surface area contributed by atoms with Crippen molar-refractivity contribution >= 4 is 28.5 Å². The van der Waals surface area contributed by atoms with Gasteiger partial charge in [0.1, 0.15) is 23.7 Å². The van der Waals surface area contributed by atoms with E-state index in [0.717, 1.165) is 36.3 Å². The number of carbonyl (C=O) groups is 1. The molecule has 1 fully saturated rings. The van der Waals surface area contributed by atoms with Gasteiger partial charge in [-0.15, -0.1) is 0 Å². The van der Waals surface area contributed by atoms with Crippen molar-refractivity contribution < 1.29 is 18.7 Å². The summed E-state index contributed by atoms with van der Waals surface area (Å²) in [5.41, 5.74) is 1.51. The molecule has 3 aromatic rings. The molecular weight excluding hydrogens is 456 g/mol. The van der Waals surface area contributed by atoms with Crippen LogP contribution in [0.2, 0.25) is 5.02 Å². The second kappa shape index (κ2) is 10.9. The lowest BCUT2D eigenvalue weighted by Crippen LogP contribution is -2.49. The molecule has 0 atom stereocenters. The Labute approximate surface area is 203 Å². The van der Waals surface area contributed by atoms with Gasteiger partial charge in [0, 0.05) is 61.2 Å². The molecule has 1 saturated heterocycles. The Balaban J connectivity index is 1.26. The summed E-state index contributed by atoms with van der Waals surface area (Å²) in [6, 6.07) is 12.8. The predicted octanol–water partition coefficient (Wildman–Crippen LogP) is 3.92. The van der Waals surface area contributed by atoms with Crippen LogP contribution in [0.5, 0.6) is 11.5 Å². The molecule has 2 heterocycles. The Morgan fingerprint density at radius 2 is 1.76 bits per heavy atom. The smallest absolute Gasteiger partial charge is 0.339 e. The summed E-state index contributed by atoms with van der Waals surface area (Å²) in [7, 11) is 1.57. The number of piperazine rings is 1. The fourth-order valence-corrected chi connectivity index (χ4v) is 4.35. The van der Waals surface area contributed by atoms with Gasteiger partial charge in [0.2, 0.25) is 5.91 Å². The van der Waals surface area contributed by atoms with Crippen molar-refractivity contribution in [2.75, 3.05) is 46.4 Å². The third-order valence-corrected chi connectivity index (χ3v) is 6.55. The SMILES string of the molecule is COc1ccc2c(C)c(CCC(=O)N3CCN(CCOc4ccc(Cl)cc4)CC3)c(=O)oc2c1. The van der Waals surface area contributed by atoms with Gasteiger partial charge < -0.3 is 18.8 Å². The molecule has 180 valence electrons. The van der Waals surface area contributed by atoms with E-state index in [0.29, 0.717) is 48.0 Å². The van der Waals surface area contributed by atoms with Crippen LogP contribution in [0, 0.1) is 6.92 Å². The van der Waals surface area contributed by atoms with Crippen molar-refractivity contribution in [1.29, 1.82) is 0 Å². The van der Waals surface area contributed by atoms with E-state index in [1.165, 1.54) is 0 Å². The quantitative estimate of drug-likeness (QED) is 0.451. The lowest BCUT2D eigenvalue weighted by molar-refractivity contribution is -0.132. The number of hydrogen-bond donors (Lipinski definition) is 0. The second-order valence-corrected chi connectivity index (χ2v) is 8.82. The van der Waals surface area contributed by atoms with E-state index >= 15 is 0 Å². The third kappa shape index (κ3) is 5.72. The molecule has 1 aliphatic heterocycles. The van der Waals surface area contributed by atoms with E-state index in [2.05, 4.69) is 4.90 Å². The van der Waals surface area contributed by atoms with Crippen LogP contribution >= 0.6 is 11.6 Å². The Kier molecular flexibility index (Phi) is 7.75. The van der Waals surface area contributed by atoms with Crippen molar-refractivity contribution in [1.82, 2.24) is 9.80 Å². The van der Waals surface area contributed by atoms with Crippen molar-refractivity contribution in [3.05, 3.63) is 69.0 Å². The number of aryl methyl sites for hydroxylation is 1. The number of carbonyl (C=O) groups excluding carboxylic acids is 1. The first kappa shape index (κ1) is 24.1. The molecular formula is C26H29ClN2O5. The number of ether oxygens (including phenoxy) is 2. The molecule has 4 rings (SSSR count). The molecule has 0 spiro atoms. The summed E-state index contributed by atoms with van der Waals surface area (Å²) in [6.07, 6.45) is 0.650. The van der Waals surface area contributed by atoms with Gasteiger partial charge in [0.15, 0.2) is 0 Å². The third-order valence-electron chi connectivity index (χ3n) is 6.30. The number of benzene rings is 2. The zero-order chi connectivity index (χ0) is 24.1. The normalized spacial score (nSPS) is 14.4. The minimum atomic E-state index is -0.392. The summed E-state index contributed by atoms with van der Waals surface area (Å²) in [4.78, 5) is 29.5. The van der Waals surface area contributed by atoms with E-state index in [-0.39, 0.29) is 12.3 Å². The summed E-state index contributed by atoms with van der Waals surface area (Å²) >= 11 is 5.89. The van der Waals surface area contributed by atoms with E-state index in [4.69, 9.17) is 25.5 Å². The number of halogens is 1. The average molecular weight is 485 g/mol. The number of hydrogen-bond acceptors (Lipinski definition) is 6. The summed E-state index contributed by atoms with van der Waals surface area (Å²) in [6.45, 7) is 6.22. The van der Waals surface area contributed by atoms with Crippen LogP contribution in [-0.4, -0.2) is 62.1 Å². The first-order valence-electron chi connectivity index (χ1n) is 11.4. The van der Waals surface area contributed by atoms with E-state index in [1.807, 2.05) is 48.2 Å². The molecule has 8 heteroatoms. The molecule has 0 bridgehead atoms. The average Bonchev–Trinajstić information content (AvgIpc) is 2.85.